The number of ether oxygens (including phenoxy) is 1. The van der Waals surface area contributed by atoms with Gasteiger partial charge in [0.1, 0.15) is 23.3 Å². The molecule has 1 aliphatic heterocycles. The predicted molar refractivity (Wildman–Crippen MR) is 133 cm³/mol. The topological polar surface area (TPSA) is 91.7 Å². The van der Waals surface area contributed by atoms with Crippen molar-refractivity contribution >= 4 is 28.5 Å². The first-order chi connectivity index (χ1) is 17.1. The molecule has 7 nitrogen and oxygen atoms in total. The summed E-state index contributed by atoms with van der Waals surface area (Å²) in [4.78, 5) is 18.0. The lowest BCUT2D eigenvalue weighted by atomic mass is 10.1. The molecule has 3 aromatic heterocycles. The lowest BCUT2D eigenvalue weighted by Crippen LogP contribution is -2.16. The van der Waals surface area contributed by atoms with Gasteiger partial charge >= 0.3 is 0 Å². The van der Waals surface area contributed by atoms with Crippen LogP contribution >= 0.6 is 11.6 Å². The number of nitrogens with two attached hydrogens (primary N) is 1. The van der Waals surface area contributed by atoms with Crippen molar-refractivity contribution < 1.29 is 9.13 Å². The number of para-hydroxylation sites is 1. The summed E-state index contributed by atoms with van der Waals surface area (Å²) < 4.78 is 21.9. The molecule has 35 heavy (non-hydrogen) atoms. The average molecular weight is 487 g/mol. The largest absolute Gasteiger partial charge is 0.474 e. The van der Waals surface area contributed by atoms with E-state index in [9.17, 15) is 4.39 Å². The first kappa shape index (κ1) is 21.5. The van der Waals surface area contributed by atoms with Crippen LogP contribution in [0.2, 0.25) is 5.02 Å². The molecule has 0 fully saturated rings. The number of imidazole rings is 1. The van der Waals surface area contributed by atoms with Gasteiger partial charge in [0.15, 0.2) is 0 Å². The van der Waals surface area contributed by atoms with Gasteiger partial charge in [-0.15, -0.1) is 0 Å². The van der Waals surface area contributed by atoms with Crippen LogP contribution in [0.4, 0.5) is 10.3 Å². The Morgan fingerprint density at radius 1 is 1.06 bits per heavy atom. The Labute approximate surface area is 205 Å². The molecule has 6 rings (SSSR count). The number of aryl methyl sites for hydroxylation is 1. The Bertz CT molecular complexity index is 1550. The highest BCUT2D eigenvalue weighted by Gasteiger charge is 2.31. The highest BCUT2D eigenvalue weighted by Crippen LogP contribution is 2.39. The molecule has 0 radical (unpaired) electrons. The second-order valence-corrected chi connectivity index (χ2v) is 8.78. The SMILES string of the molecule is Nc1nccc(-c2c(-c3ccc(F)cc3)nc3n2C(COc2nc4ccccc4cc2Cl)CC3)n1. The zero-order valence-electron chi connectivity index (χ0n) is 18.5. The second kappa shape index (κ2) is 8.63. The zero-order valence-corrected chi connectivity index (χ0v) is 19.3. The van der Waals surface area contributed by atoms with E-state index >= 15 is 0 Å². The van der Waals surface area contributed by atoms with Crippen molar-refractivity contribution in [2.45, 2.75) is 18.9 Å². The fourth-order valence-electron chi connectivity index (χ4n) is 4.54. The normalized spacial score (nSPS) is 14.9. The van der Waals surface area contributed by atoms with Crippen molar-refractivity contribution in [2.75, 3.05) is 12.3 Å². The third-order valence-corrected chi connectivity index (χ3v) is 6.41. The molecular formula is C26H20ClFN6O. The van der Waals surface area contributed by atoms with Gasteiger partial charge in [-0.3, -0.25) is 0 Å². The van der Waals surface area contributed by atoms with Gasteiger partial charge < -0.3 is 15.0 Å². The van der Waals surface area contributed by atoms with Crippen LogP contribution in [0.15, 0.2) is 66.9 Å². The Balaban J connectivity index is 1.39. The molecule has 9 heteroatoms. The van der Waals surface area contributed by atoms with Gasteiger partial charge in [0.2, 0.25) is 11.8 Å². The fourth-order valence-corrected chi connectivity index (χ4v) is 4.75. The summed E-state index contributed by atoms with van der Waals surface area (Å²) in [7, 11) is 0. The summed E-state index contributed by atoms with van der Waals surface area (Å²) in [5.41, 5.74) is 9.66. The van der Waals surface area contributed by atoms with Crippen LogP contribution in [-0.2, 0) is 6.42 Å². The fraction of sp³-hybridized carbons (Fsp3) is 0.154. The van der Waals surface area contributed by atoms with Gasteiger partial charge in [-0.1, -0.05) is 29.8 Å². The number of pyridine rings is 1. The Hall–Kier alpha value is -4.04. The molecule has 4 heterocycles. The molecule has 1 unspecified atom stereocenters. The number of aromatic nitrogens is 5. The van der Waals surface area contributed by atoms with E-state index in [0.717, 1.165) is 40.8 Å². The van der Waals surface area contributed by atoms with Crippen LogP contribution in [0, 0.1) is 5.82 Å². The zero-order chi connectivity index (χ0) is 23.9. The molecule has 5 aromatic rings. The van der Waals surface area contributed by atoms with Crippen molar-refractivity contribution in [3.8, 4) is 28.5 Å². The molecule has 2 N–H and O–H groups in total. The molecule has 0 saturated carbocycles. The number of fused-ring (bicyclic) bond motifs is 2. The minimum atomic E-state index is -0.306. The highest BCUT2D eigenvalue weighted by atomic mass is 35.5. The van der Waals surface area contributed by atoms with Crippen LogP contribution in [0.25, 0.3) is 33.5 Å². The Kier molecular flexibility index (Phi) is 5.30. The van der Waals surface area contributed by atoms with E-state index in [1.165, 1.54) is 12.1 Å². The molecule has 0 spiro atoms. The molecule has 0 saturated heterocycles. The molecule has 1 atom stereocenters. The van der Waals surface area contributed by atoms with E-state index in [4.69, 9.17) is 27.1 Å². The number of benzene rings is 2. The summed E-state index contributed by atoms with van der Waals surface area (Å²) in [6.45, 7) is 0.352. The van der Waals surface area contributed by atoms with Gasteiger partial charge in [-0.2, -0.15) is 0 Å². The summed E-state index contributed by atoms with van der Waals surface area (Å²) in [6.07, 6.45) is 3.22. The van der Waals surface area contributed by atoms with E-state index in [1.807, 2.05) is 30.3 Å². The van der Waals surface area contributed by atoms with E-state index in [-0.39, 0.29) is 17.8 Å². The predicted octanol–water partition coefficient (Wildman–Crippen LogP) is 5.50. The summed E-state index contributed by atoms with van der Waals surface area (Å²) in [5.74, 6) is 1.16. The molecule has 2 aromatic carbocycles. The minimum absolute atomic E-state index is 0.0257. The molecular weight excluding hydrogens is 467 g/mol. The van der Waals surface area contributed by atoms with Gasteiger partial charge in [0.05, 0.1) is 28.6 Å². The van der Waals surface area contributed by atoms with Crippen LogP contribution in [0.3, 0.4) is 0 Å². The van der Waals surface area contributed by atoms with E-state index < -0.39 is 0 Å². The Morgan fingerprint density at radius 3 is 2.71 bits per heavy atom. The number of hydrogen-bond donors (Lipinski definition) is 1. The van der Waals surface area contributed by atoms with Gasteiger partial charge in [-0.05, 0) is 48.9 Å². The second-order valence-electron chi connectivity index (χ2n) is 8.37. The number of anilines is 1. The van der Waals surface area contributed by atoms with Crippen molar-refractivity contribution in [3.05, 3.63) is 83.5 Å². The number of hydrogen-bond acceptors (Lipinski definition) is 6. The Morgan fingerprint density at radius 2 is 1.89 bits per heavy atom. The van der Waals surface area contributed by atoms with Crippen LogP contribution in [0.5, 0.6) is 5.88 Å². The number of halogens is 2. The quantitative estimate of drug-likeness (QED) is 0.353. The minimum Gasteiger partial charge on any atom is -0.474 e. The van der Waals surface area contributed by atoms with Crippen molar-refractivity contribution in [1.29, 1.82) is 0 Å². The smallest absolute Gasteiger partial charge is 0.233 e. The monoisotopic (exact) mass is 486 g/mol. The van der Waals surface area contributed by atoms with Crippen molar-refractivity contribution in [1.82, 2.24) is 24.5 Å². The third kappa shape index (κ3) is 3.95. The van der Waals surface area contributed by atoms with Crippen LogP contribution < -0.4 is 10.5 Å². The van der Waals surface area contributed by atoms with E-state index in [0.29, 0.717) is 28.9 Å². The maximum Gasteiger partial charge on any atom is 0.233 e. The summed E-state index contributed by atoms with van der Waals surface area (Å²) in [6, 6.07) is 17.7. The molecule has 174 valence electrons. The van der Waals surface area contributed by atoms with Gasteiger partial charge in [-0.25, -0.2) is 24.3 Å². The van der Waals surface area contributed by atoms with Gasteiger partial charge in [0.25, 0.3) is 0 Å². The first-order valence-corrected chi connectivity index (χ1v) is 11.6. The molecule has 0 aliphatic carbocycles. The summed E-state index contributed by atoms with van der Waals surface area (Å²) >= 11 is 6.46. The van der Waals surface area contributed by atoms with Crippen molar-refractivity contribution in [3.63, 3.8) is 0 Å². The van der Waals surface area contributed by atoms with Gasteiger partial charge in [0, 0.05) is 23.6 Å². The maximum atomic E-state index is 13.6. The highest BCUT2D eigenvalue weighted by molar-refractivity contribution is 6.32. The molecule has 1 aliphatic rings. The standard InChI is InChI=1S/C26H20ClFN6O/c27-19-13-16-3-1-2-4-20(16)31-25(19)35-14-18-9-10-22-33-23(15-5-7-17(28)8-6-15)24(34(18)22)21-11-12-30-26(29)32-21/h1-8,11-13,18H,9-10,14H2,(H2,29,30,32). The molecule has 0 amide bonds. The maximum absolute atomic E-state index is 13.6. The third-order valence-electron chi connectivity index (χ3n) is 6.14. The first-order valence-electron chi connectivity index (χ1n) is 11.2. The number of nitrogen functional groups attached to an aromatic ring is 1. The van der Waals surface area contributed by atoms with Crippen LogP contribution in [-0.4, -0.2) is 31.1 Å². The lowest BCUT2D eigenvalue weighted by Gasteiger charge is -2.18. The van der Waals surface area contributed by atoms with Crippen LogP contribution in [0.1, 0.15) is 18.3 Å². The molecule has 0 bridgehead atoms. The van der Waals surface area contributed by atoms with E-state index in [2.05, 4.69) is 19.5 Å². The summed E-state index contributed by atoms with van der Waals surface area (Å²) in [5, 5.41) is 1.42. The average Bonchev–Trinajstić information content (AvgIpc) is 3.43. The lowest BCUT2D eigenvalue weighted by molar-refractivity contribution is 0.248. The van der Waals surface area contributed by atoms with Crippen molar-refractivity contribution in [2.24, 2.45) is 0 Å². The number of nitrogens with zero attached hydrogens (tertiary/aromatic N) is 5. The number of rotatable bonds is 5. The van der Waals surface area contributed by atoms with E-state index in [1.54, 1.807) is 24.4 Å².